The molecule has 0 aliphatic rings. The molecule has 2 aromatic heterocycles. The molecule has 0 saturated heterocycles. The average molecular weight is 247 g/mol. The van der Waals surface area contributed by atoms with Crippen LogP contribution in [0.2, 0.25) is 0 Å². The summed E-state index contributed by atoms with van der Waals surface area (Å²) in [6.45, 7) is 3.32. The van der Waals surface area contributed by atoms with Gasteiger partial charge in [0.25, 0.3) is 0 Å². The molecule has 0 aliphatic heterocycles. The Morgan fingerprint density at radius 3 is 3.00 bits per heavy atom. The summed E-state index contributed by atoms with van der Waals surface area (Å²) in [4.78, 5) is 22.2. The predicted molar refractivity (Wildman–Crippen MR) is 69.6 cm³/mol. The van der Waals surface area contributed by atoms with E-state index in [4.69, 9.17) is 0 Å². The molecule has 2 heterocycles. The SMILES string of the molecule is CNCCN(C)C(=O)n1ccc2c(C)ncnc21. The standard InChI is InChI=1S/C12H17N5O/c1-9-10-4-6-17(11(10)15-8-14-9)12(18)16(3)7-5-13-2/h4,6,8,13H,5,7H2,1-3H3. The number of aryl methyl sites for hydroxylation is 1. The van der Waals surface area contributed by atoms with Crippen molar-refractivity contribution in [1.82, 2.24) is 24.8 Å². The van der Waals surface area contributed by atoms with E-state index in [-0.39, 0.29) is 6.03 Å². The number of nitrogens with zero attached hydrogens (tertiary/aromatic N) is 4. The number of carbonyl (C=O) groups excluding carboxylic acids is 1. The zero-order chi connectivity index (χ0) is 13.1. The Balaban J connectivity index is 2.31. The van der Waals surface area contributed by atoms with Crippen LogP contribution in [-0.2, 0) is 0 Å². The Labute approximate surface area is 106 Å². The molecular formula is C12H17N5O. The monoisotopic (exact) mass is 247 g/mol. The third-order valence-electron chi connectivity index (χ3n) is 2.91. The number of likely N-dealkylation sites (N-methyl/N-ethyl adjacent to an activating group) is 2. The zero-order valence-electron chi connectivity index (χ0n) is 10.8. The Hall–Kier alpha value is -1.95. The molecule has 0 radical (unpaired) electrons. The maximum absolute atomic E-state index is 12.2. The van der Waals surface area contributed by atoms with Crippen molar-refractivity contribution in [3.63, 3.8) is 0 Å². The fraction of sp³-hybridized carbons (Fsp3) is 0.417. The number of nitrogens with one attached hydrogen (secondary N) is 1. The average Bonchev–Trinajstić information content (AvgIpc) is 2.80. The van der Waals surface area contributed by atoms with Gasteiger partial charge in [-0.3, -0.25) is 4.57 Å². The fourth-order valence-electron chi connectivity index (χ4n) is 1.79. The lowest BCUT2D eigenvalue weighted by atomic mass is 10.3. The van der Waals surface area contributed by atoms with E-state index in [1.165, 1.54) is 6.33 Å². The Kier molecular flexibility index (Phi) is 3.57. The van der Waals surface area contributed by atoms with E-state index in [0.29, 0.717) is 12.2 Å². The maximum atomic E-state index is 12.2. The summed E-state index contributed by atoms with van der Waals surface area (Å²) >= 11 is 0. The molecule has 2 aromatic rings. The first-order valence-corrected chi connectivity index (χ1v) is 5.84. The summed E-state index contributed by atoms with van der Waals surface area (Å²) in [5, 5.41) is 3.93. The van der Waals surface area contributed by atoms with Gasteiger partial charge < -0.3 is 10.2 Å². The van der Waals surface area contributed by atoms with Gasteiger partial charge in [0, 0.05) is 31.7 Å². The van der Waals surface area contributed by atoms with Gasteiger partial charge in [-0.1, -0.05) is 0 Å². The molecule has 1 amide bonds. The van der Waals surface area contributed by atoms with Crippen molar-refractivity contribution in [3.8, 4) is 0 Å². The Morgan fingerprint density at radius 1 is 1.50 bits per heavy atom. The molecule has 1 N–H and O–H groups in total. The summed E-state index contributed by atoms with van der Waals surface area (Å²) in [6.07, 6.45) is 3.22. The van der Waals surface area contributed by atoms with E-state index < -0.39 is 0 Å². The summed E-state index contributed by atoms with van der Waals surface area (Å²) in [5.41, 5.74) is 1.54. The second kappa shape index (κ2) is 5.14. The fourth-order valence-corrected chi connectivity index (χ4v) is 1.79. The third kappa shape index (κ3) is 2.19. The molecule has 18 heavy (non-hydrogen) atoms. The molecule has 0 bridgehead atoms. The molecule has 0 unspecified atom stereocenters. The number of fused-ring (bicyclic) bond motifs is 1. The third-order valence-corrected chi connectivity index (χ3v) is 2.91. The van der Waals surface area contributed by atoms with Crippen LogP contribution in [0.4, 0.5) is 4.79 Å². The maximum Gasteiger partial charge on any atom is 0.329 e. The minimum absolute atomic E-state index is 0.0849. The first kappa shape index (κ1) is 12.5. The van der Waals surface area contributed by atoms with E-state index in [1.54, 1.807) is 22.7 Å². The van der Waals surface area contributed by atoms with Gasteiger partial charge in [-0.05, 0) is 20.0 Å². The largest absolute Gasteiger partial charge is 0.329 e. The lowest BCUT2D eigenvalue weighted by Gasteiger charge is -2.17. The molecule has 0 aromatic carbocycles. The molecular weight excluding hydrogens is 230 g/mol. The van der Waals surface area contributed by atoms with Gasteiger partial charge in [0.1, 0.15) is 6.33 Å². The smallest absolute Gasteiger partial charge is 0.326 e. The van der Waals surface area contributed by atoms with Crippen LogP contribution in [-0.4, -0.2) is 52.7 Å². The Morgan fingerprint density at radius 2 is 2.28 bits per heavy atom. The highest BCUT2D eigenvalue weighted by molar-refractivity contribution is 5.90. The van der Waals surface area contributed by atoms with Crippen molar-refractivity contribution in [1.29, 1.82) is 0 Å². The Bertz CT molecular complexity index is 563. The molecule has 0 aliphatic carbocycles. The van der Waals surface area contributed by atoms with Crippen molar-refractivity contribution in [3.05, 3.63) is 24.3 Å². The second-order valence-corrected chi connectivity index (χ2v) is 4.19. The first-order chi connectivity index (χ1) is 8.65. The van der Waals surface area contributed by atoms with Crippen LogP contribution in [0.1, 0.15) is 5.69 Å². The highest BCUT2D eigenvalue weighted by atomic mass is 16.2. The van der Waals surface area contributed by atoms with Crippen molar-refractivity contribution < 1.29 is 4.79 Å². The van der Waals surface area contributed by atoms with Crippen LogP contribution in [0.25, 0.3) is 11.0 Å². The summed E-state index contributed by atoms with van der Waals surface area (Å²) in [6, 6.07) is 1.78. The number of hydrogen-bond donors (Lipinski definition) is 1. The van der Waals surface area contributed by atoms with Crippen molar-refractivity contribution >= 4 is 17.1 Å². The normalized spacial score (nSPS) is 10.8. The van der Waals surface area contributed by atoms with E-state index in [0.717, 1.165) is 17.6 Å². The molecule has 6 nitrogen and oxygen atoms in total. The topological polar surface area (TPSA) is 63.1 Å². The van der Waals surface area contributed by atoms with Gasteiger partial charge in [-0.15, -0.1) is 0 Å². The van der Waals surface area contributed by atoms with Crippen LogP contribution in [0.5, 0.6) is 0 Å². The van der Waals surface area contributed by atoms with Gasteiger partial charge in [-0.2, -0.15) is 0 Å². The number of rotatable bonds is 3. The van der Waals surface area contributed by atoms with Crippen LogP contribution in [0.3, 0.4) is 0 Å². The number of amides is 1. The van der Waals surface area contributed by atoms with Crippen LogP contribution in [0, 0.1) is 6.92 Å². The summed E-state index contributed by atoms with van der Waals surface area (Å²) < 4.78 is 1.56. The molecule has 2 rings (SSSR count). The minimum Gasteiger partial charge on any atom is -0.326 e. The highest BCUT2D eigenvalue weighted by Crippen LogP contribution is 2.15. The molecule has 96 valence electrons. The van der Waals surface area contributed by atoms with Gasteiger partial charge in [-0.25, -0.2) is 14.8 Å². The van der Waals surface area contributed by atoms with E-state index in [9.17, 15) is 4.79 Å². The quantitative estimate of drug-likeness (QED) is 0.873. The molecule has 0 saturated carbocycles. The van der Waals surface area contributed by atoms with Crippen LogP contribution in [0.15, 0.2) is 18.6 Å². The molecule has 0 spiro atoms. The van der Waals surface area contributed by atoms with Crippen molar-refractivity contribution in [2.24, 2.45) is 0 Å². The van der Waals surface area contributed by atoms with Gasteiger partial charge >= 0.3 is 6.03 Å². The number of carbonyl (C=O) groups is 1. The number of hydrogen-bond acceptors (Lipinski definition) is 4. The van der Waals surface area contributed by atoms with Gasteiger partial charge in [0.15, 0.2) is 5.65 Å². The van der Waals surface area contributed by atoms with Crippen molar-refractivity contribution in [2.75, 3.05) is 27.2 Å². The minimum atomic E-state index is -0.0849. The molecule has 0 atom stereocenters. The van der Waals surface area contributed by atoms with Crippen molar-refractivity contribution in [2.45, 2.75) is 6.92 Å². The van der Waals surface area contributed by atoms with E-state index in [1.807, 2.05) is 20.0 Å². The first-order valence-electron chi connectivity index (χ1n) is 5.84. The summed E-state index contributed by atoms with van der Waals surface area (Å²) in [7, 11) is 3.64. The van der Waals surface area contributed by atoms with Gasteiger partial charge in [0.2, 0.25) is 0 Å². The number of aromatic nitrogens is 3. The van der Waals surface area contributed by atoms with E-state index >= 15 is 0 Å². The lowest BCUT2D eigenvalue weighted by molar-refractivity contribution is 0.212. The van der Waals surface area contributed by atoms with Crippen LogP contribution < -0.4 is 5.32 Å². The second-order valence-electron chi connectivity index (χ2n) is 4.19. The predicted octanol–water partition coefficient (Wildman–Crippen LogP) is 0.859. The van der Waals surface area contributed by atoms with Gasteiger partial charge in [0.05, 0.1) is 5.69 Å². The van der Waals surface area contributed by atoms with E-state index in [2.05, 4.69) is 15.3 Å². The van der Waals surface area contributed by atoms with Crippen LogP contribution >= 0.6 is 0 Å². The molecule has 6 heteroatoms. The highest BCUT2D eigenvalue weighted by Gasteiger charge is 2.14. The lowest BCUT2D eigenvalue weighted by Crippen LogP contribution is -2.35. The zero-order valence-corrected chi connectivity index (χ0v) is 10.8. The summed E-state index contributed by atoms with van der Waals surface area (Å²) in [5.74, 6) is 0. The molecule has 0 fully saturated rings.